The van der Waals surface area contributed by atoms with Gasteiger partial charge in [0.1, 0.15) is 5.56 Å². The van der Waals surface area contributed by atoms with Gasteiger partial charge in [0.15, 0.2) is 5.82 Å². The summed E-state index contributed by atoms with van der Waals surface area (Å²) >= 11 is 0. The molecule has 0 aromatic carbocycles. The number of anilines is 1. The first-order valence-electron chi connectivity index (χ1n) is 8.93. The van der Waals surface area contributed by atoms with Gasteiger partial charge >= 0.3 is 5.97 Å². The van der Waals surface area contributed by atoms with E-state index in [0.717, 1.165) is 41.8 Å². The number of rotatable bonds is 4. The van der Waals surface area contributed by atoms with Crippen LogP contribution in [0.4, 0.5) is 10.1 Å². The number of aryl methyl sites for hydroxylation is 1. The summed E-state index contributed by atoms with van der Waals surface area (Å²) in [5, 5.41) is 18.9. The molecule has 2 aliphatic rings. The zero-order chi connectivity index (χ0) is 18.6. The van der Waals surface area contributed by atoms with Gasteiger partial charge < -0.3 is 15.1 Å². The van der Waals surface area contributed by atoms with Crippen molar-refractivity contribution >= 4 is 17.2 Å². The molecular weight excluding hydrogens is 339 g/mol. The summed E-state index contributed by atoms with van der Waals surface area (Å²) in [6, 6.07) is 1.32. The van der Waals surface area contributed by atoms with Crippen LogP contribution in [0.5, 0.6) is 0 Å². The normalized spacial score (nSPS) is 20.1. The predicted molar refractivity (Wildman–Crippen MR) is 94.8 cm³/mol. The molecule has 0 unspecified atom stereocenters. The van der Waals surface area contributed by atoms with E-state index >= 15 is 0 Å². The molecule has 7 heteroatoms. The number of halogens is 1. The maximum absolute atomic E-state index is 15.0. The van der Waals surface area contributed by atoms with Crippen LogP contribution in [0.15, 0.2) is 17.1 Å². The lowest BCUT2D eigenvalue weighted by Crippen LogP contribution is -2.34. The van der Waals surface area contributed by atoms with E-state index < -0.39 is 17.3 Å². The quantitative estimate of drug-likeness (QED) is 0.874. The van der Waals surface area contributed by atoms with E-state index in [-0.39, 0.29) is 24.1 Å². The second kappa shape index (κ2) is 6.09. The van der Waals surface area contributed by atoms with Crippen LogP contribution in [0, 0.1) is 12.7 Å². The van der Waals surface area contributed by atoms with Crippen LogP contribution in [-0.4, -0.2) is 39.8 Å². The van der Waals surface area contributed by atoms with Crippen LogP contribution < -0.4 is 10.5 Å². The fourth-order valence-corrected chi connectivity index (χ4v) is 4.17. The average molecular weight is 360 g/mol. The molecule has 0 bridgehead atoms. The first-order chi connectivity index (χ1) is 12.4. The van der Waals surface area contributed by atoms with Gasteiger partial charge in [-0.3, -0.25) is 9.20 Å². The molecule has 1 aliphatic carbocycles. The molecular formula is C19H21FN2O4. The van der Waals surface area contributed by atoms with Gasteiger partial charge in [0, 0.05) is 6.54 Å². The molecule has 1 saturated heterocycles. The monoisotopic (exact) mass is 360 g/mol. The molecule has 1 atom stereocenters. The minimum atomic E-state index is -1.30. The highest BCUT2D eigenvalue weighted by atomic mass is 19.1. The summed E-state index contributed by atoms with van der Waals surface area (Å²) in [4.78, 5) is 25.9. The van der Waals surface area contributed by atoms with Crippen LogP contribution in [0.3, 0.4) is 0 Å². The Bertz CT molecular complexity index is 964. The Hall–Kier alpha value is -2.41. The van der Waals surface area contributed by atoms with Crippen molar-refractivity contribution in [1.29, 1.82) is 0 Å². The van der Waals surface area contributed by atoms with Crippen LogP contribution >= 0.6 is 0 Å². The summed E-state index contributed by atoms with van der Waals surface area (Å²) in [5.41, 5.74) is 1.38. The van der Waals surface area contributed by atoms with Crippen molar-refractivity contribution < 1.29 is 19.4 Å². The molecule has 26 heavy (non-hydrogen) atoms. The van der Waals surface area contributed by atoms with E-state index in [4.69, 9.17) is 0 Å². The molecule has 138 valence electrons. The molecule has 0 amide bonds. The number of aromatic nitrogens is 1. The number of hydrogen-bond acceptors (Lipinski definition) is 4. The number of aromatic carboxylic acids is 1. The van der Waals surface area contributed by atoms with Gasteiger partial charge in [0.05, 0.1) is 30.0 Å². The molecule has 2 fully saturated rings. The molecule has 1 saturated carbocycles. The number of pyridine rings is 2. The minimum Gasteiger partial charge on any atom is -0.477 e. The number of aliphatic hydroxyl groups excluding tert-OH is 1. The predicted octanol–water partition coefficient (Wildman–Crippen LogP) is 2.28. The van der Waals surface area contributed by atoms with Crippen molar-refractivity contribution in [3.63, 3.8) is 0 Å². The Balaban J connectivity index is 2.03. The SMILES string of the molecule is Cc1c(N2CCC[C@H]2CO)c(F)cn2c(=O)c(C(=O)O)cc(C3CC3)c12. The smallest absolute Gasteiger partial charge is 0.341 e. The number of fused-ring (bicyclic) bond motifs is 1. The van der Waals surface area contributed by atoms with Crippen molar-refractivity contribution in [1.82, 2.24) is 4.40 Å². The number of hydrogen-bond donors (Lipinski definition) is 2. The van der Waals surface area contributed by atoms with Gasteiger partial charge in [-0.15, -0.1) is 0 Å². The number of carbonyl (C=O) groups is 1. The Morgan fingerprint density at radius 3 is 2.69 bits per heavy atom. The maximum Gasteiger partial charge on any atom is 0.341 e. The minimum absolute atomic E-state index is 0.0513. The molecule has 6 nitrogen and oxygen atoms in total. The molecule has 0 radical (unpaired) electrons. The summed E-state index contributed by atoms with van der Waals surface area (Å²) < 4.78 is 16.1. The average Bonchev–Trinajstić information content (AvgIpc) is 3.34. The fraction of sp³-hybridized carbons (Fsp3) is 0.474. The van der Waals surface area contributed by atoms with Gasteiger partial charge in [-0.25, -0.2) is 9.18 Å². The molecule has 4 rings (SSSR count). The lowest BCUT2D eigenvalue weighted by atomic mass is 10.0. The van der Waals surface area contributed by atoms with E-state index in [9.17, 15) is 24.2 Å². The molecule has 2 aromatic heterocycles. The Morgan fingerprint density at radius 1 is 1.35 bits per heavy atom. The first kappa shape index (κ1) is 17.0. The lowest BCUT2D eigenvalue weighted by Gasteiger charge is -2.28. The van der Waals surface area contributed by atoms with Crippen molar-refractivity contribution in [3.8, 4) is 0 Å². The highest BCUT2D eigenvalue weighted by Crippen LogP contribution is 2.44. The Morgan fingerprint density at radius 2 is 2.08 bits per heavy atom. The summed E-state index contributed by atoms with van der Waals surface area (Å²) in [6.45, 7) is 2.37. The standard InChI is InChI=1S/C19H21FN2O4/c1-10-16-13(11-4-5-11)7-14(19(25)26)18(24)22(16)8-15(20)17(10)21-6-2-3-12(21)9-23/h7-8,11-12,23H,2-6,9H2,1H3,(H,25,26)/t12-/m0/s1. The lowest BCUT2D eigenvalue weighted by molar-refractivity contribution is 0.0694. The number of carboxylic acids is 1. The molecule has 2 aromatic rings. The van der Waals surface area contributed by atoms with Gasteiger partial charge in [0.2, 0.25) is 0 Å². The van der Waals surface area contributed by atoms with Crippen molar-refractivity contribution in [2.45, 2.75) is 44.6 Å². The second-order valence-corrected chi connectivity index (χ2v) is 7.24. The van der Waals surface area contributed by atoms with Gasteiger partial charge in [-0.05, 0) is 55.7 Å². The summed E-state index contributed by atoms with van der Waals surface area (Å²) in [7, 11) is 0. The van der Waals surface area contributed by atoms with E-state index in [2.05, 4.69) is 0 Å². The molecule has 0 spiro atoms. The van der Waals surface area contributed by atoms with E-state index in [1.54, 1.807) is 6.92 Å². The summed E-state index contributed by atoms with van der Waals surface area (Å²) in [5.74, 6) is -1.66. The largest absolute Gasteiger partial charge is 0.477 e. The van der Waals surface area contributed by atoms with Crippen molar-refractivity contribution in [2.24, 2.45) is 0 Å². The highest BCUT2D eigenvalue weighted by molar-refractivity contribution is 5.89. The van der Waals surface area contributed by atoms with Crippen molar-refractivity contribution in [2.75, 3.05) is 18.1 Å². The zero-order valence-corrected chi connectivity index (χ0v) is 14.5. The number of aliphatic hydroxyl groups is 1. The second-order valence-electron chi connectivity index (χ2n) is 7.24. The fourth-order valence-electron chi connectivity index (χ4n) is 4.17. The Labute approximate surface area is 149 Å². The molecule has 3 heterocycles. The van der Waals surface area contributed by atoms with Gasteiger partial charge in [-0.2, -0.15) is 0 Å². The topological polar surface area (TPSA) is 82.2 Å². The van der Waals surface area contributed by atoms with Gasteiger partial charge in [-0.1, -0.05) is 0 Å². The van der Waals surface area contributed by atoms with Crippen LogP contribution in [0.25, 0.3) is 5.52 Å². The maximum atomic E-state index is 15.0. The van der Waals surface area contributed by atoms with Crippen LogP contribution in [-0.2, 0) is 0 Å². The third kappa shape index (κ3) is 2.49. The number of carboxylic acid groups (broad SMARTS) is 1. The summed E-state index contributed by atoms with van der Waals surface area (Å²) in [6.07, 6.45) is 4.63. The van der Waals surface area contributed by atoms with Crippen molar-refractivity contribution in [3.05, 3.63) is 45.1 Å². The van der Waals surface area contributed by atoms with Gasteiger partial charge in [0.25, 0.3) is 5.56 Å². The first-order valence-corrected chi connectivity index (χ1v) is 8.93. The Kier molecular flexibility index (Phi) is 3.99. The van der Waals surface area contributed by atoms with E-state index in [0.29, 0.717) is 23.3 Å². The highest BCUT2D eigenvalue weighted by Gasteiger charge is 2.32. The number of nitrogens with zero attached hydrogens (tertiary/aromatic N) is 2. The third-order valence-corrected chi connectivity index (χ3v) is 5.57. The molecule has 2 N–H and O–H groups in total. The third-order valence-electron chi connectivity index (χ3n) is 5.57. The van der Waals surface area contributed by atoms with E-state index in [1.807, 2.05) is 4.90 Å². The zero-order valence-electron chi connectivity index (χ0n) is 14.5. The molecule has 1 aliphatic heterocycles. The van der Waals surface area contributed by atoms with Crippen LogP contribution in [0.1, 0.15) is 53.1 Å². The van der Waals surface area contributed by atoms with Crippen LogP contribution in [0.2, 0.25) is 0 Å². The van der Waals surface area contributed by atoms with E-state index in [1.165, 1.54) is 6.07 Å².